The lowest BCUT2D eigenvalue weighted by molar-refractivity contribution is -0.137. The molecular weight excluding hydrogens is 713 g/mol. The molecule has 0 amide bonds. The van der Waals surface area contributed by atoms with Gasteiger partial charge in [-0.1, -0.05) is 84.0 Å². The van der Waals surface area contributed by atoms with E-state index in [0.717, 1.165) is 37.2 Å². The quantitative estimate of drug-likeness (QED) is 0.0646. The van der Waals surface area contributed by atoms with Gasteiger partial charge in [0.25, 0.3) is 0 Å². The van der Waals surface area contributed by atoms with E-state index >= 15 is 0 Å². The lowest BCUT2D eigenvalue weighted by atomic mass is 9.94. The van der Waals surface area contributed by atoms with Gasteiger partial charge in [-0.05, 0) is 103 Å². The highest BCUT2D eigenvalue weighted by Gasteiger charge is 2.48. The summed E-state index contributed by atoms with van der Waals surface area (Å²) in [7, 11) is -2.85. The molecule has 0 N–H and O–H groups in total. The van der Waals surface area contributed by atoms with Crippen LogP contribution in [0.3, 0.4) is 0 Å². The molecule has 2 aromatic rings. The number of aryl methyl sites for hydroxylation is 1. The SMILES string of the molecule is COC(=O)CSCCCS[C@H]1C(=O)C[C@@H](O[Si](C)(C)C(C)(C)C)[C@@H]1/C=C/[C@](C)(CCc1sccc1Cc1ccccc1)O[Si](C)(C)C(C)(C)C. The van der Waals surface area contributed by atoms with Crippen LogP contribution in [0, 0.1) is 5.92 Å². The fourth-order valence-corrected chi connectivity index (χ4v) is 11.9. The van der Waals surface area contributed by atoms with Crippen molar-refractivity contribution in [1.29, 1.82) is 0 Å². The van der Waals surface area contributed by atoms with E-state index < -0.39 is 22.2 Å². The summed E-state index contributed by atoms with van der Waals surface area (Å²) >= 11 is 5.19. The number of carbonyl (C=O) groups excluding carboxylic acids is 2. The van der Waals surface area contributed by atoms with Crippen molar-refractivity contribution < 1.29 is 23.2 Å². The second-order valence-electron chi connectivity index (χ2n) is 17.0. The number of ketones is 1. The molecule has 10 heteroatoms. The molecule has 280 valence electrons. The normalized spacial score (nSPS) is 20.4. The van der Waals surface area contributed by atoms with Crippen molar-refractivity contribution >= 4 is 63.2 Å². The fourth-order valence-electron chi connectivity index (χ4n) is 5.69. The van der Waals surface area contributed by atoms with E-state index in [1.807, 2.05) is 11.3 Å². The summed E-state index contributed by atoms with van der Waals surface area (Å²) in [6, 6.07) is 13.0. The van der Waals surface area contributed by atoms with Gasteiger partial charge in [-0.2, -0.15) is 11.8 Å². The Morgan fingerprint density at radius 1 is 0.960 bits per heavy atom. The highest BCUT2D eigenvalue weighted by Crippen LogP contribution is 2.45. The zero-order valence-electron chi connectivity index (χ0n) is 32.9. The predicted molar refractivity (Wildman–Crippen MR) is 223 cm³/mol. The fraction of sp³-hybridized carbons (Fsp3) is 0.650. The second kappa shape index (κ2) is 18.3. The number of hydrogen-bond acceptors (Lipinski definition) is 8. The lowest BCUT2D eigenvalue weighted by Gasteiger charge is -2.43. The number of carbonyl (C=O) groups is 2. The number of hydrogen-bond donors (Lipinski definition) is 0. The van der Waals surface area contributed by atoms with Gasteiger partial charge in [-0.25, -0.2) is 0 Å². The zero-order valence-corrected chi connectivity index (χ0v) is 37.3. The maximum atomic E-state index is 13.7. The Bertz CT molecular complexity index is 1410. The van der Waals surface area contributed by atoms with E-state index in [1.54, 1.807) is 23.5 Å². The van der Waals surface area contributed by atoms with Crippen molar-refractivity contribution in [2.24, 2.45) is 5.92 Å². The average molecular weight is 777 g/mol. The number of rotatable bonds is 18. The molecule has 1 aromatic heterocycles. The predicted octanol–water partition coefficient (Wildman–Crippen LogP) is 11.0. The van der Waals surface area contributed by atoms with Crippen LogP contribution in [0.4, 0.5) is 0 Å². The Hall–Kier alpha value is -1.15. The van der Waals surface area contributed by atoms with Crippen molar-refractivity contribution in [2.45, 2.75) is 134 Å². The van der Waals surface area contributed by atoms with Gasteiger partial charge >= 0.3 is 5.97 Å². The number of thiophene rings is 1. The number of ether oxygens (including phenoxy) is 1. The van der Waals surface area contributed by atoms with E-state index in [0.29, 0.717) is 12.2 Å². The molecule has 1 fully saturated rings. The molecule has 4 atom stereocenters. The maximum Gasteiger partial charge on any atom is 0.315 e. The molecule has 0 radical (unpaired) electrons. The van der Waals surface area contributed by atoms with Crippen molar-refractivity contribution in [1.82, 2.24) is 0 Å². The Morgan fingerprint density at radius 3 is 2.24 bits per heavy atom. The minimum absolute atomic E-state index is 0.0259. The van der Waals surface area contributed by atoms with Gasteiger partial charge in [-0.15, -0.1) is 23.1 Å². The Labute approximate surface area is 318 Å². The minimum Gasteiger partial charge on any atom is -0.468 e. The van der Waals surface area contributed by atoms with Crippen LogP contribution in [0.25, 0.3) is 0 Å². The maximum absolute atomic E-state index is 13.7. The molecule has 0 spiro atoms. The summed E-state index contributed by atoms with van der Waals surface area (Å²) in [5.41, 5.74) is 2.23. The third-order valence-electron chi connectivity index (χ3n) is 10.8. The van der Waals surface area contributed by atoms with Crippen LogP contribution in [-0.4, -0.2) is 69.7 Å². The molecule has 1 heterocycles. The van der Waals surface area contributed by atoms with Gasteiger partial charge in [-0.3, -0.25) is 9.59 Å². The summed E-state index contributed by atoms with van der Waals surface area (Å²) in [5, 5.41) is 2.17. The lowest BCUT2D eigenvalue weighted by Crippen LogP contribution is -2.48. The molecule has 1 aliphatic rings. The molecular formula is C40H64O5S3Si2. The van der Waals surface area contributed by atoms with Gasteiger partial charge in [0.1, 0.15) is 5.78 Å². The van der Waals surface area contributed by atoms with Crippen molar-refractivity contribution in [3.8, 4) is 0 Å². The second-order valence-corrected chi connectivity index (χ2v) is 29.8. The monoisotopic (exact) mass is 776 g/mol. The molecule has 1 aromatic carbocycles. The van der Waals surface area contributed by atoms with Crippen LogP contribution in [-0.2, 0) is 36.0 Å². The highest BCUT2D eigenvalue weighted by atomic mass is 32.2. The Kier molecular flexibility index (Phi) is 15.8. The molecule has 0 unspecified atom stereocenters. The van der Waals surface area contributed by atoms with Crippen LogP contribution >= 0.6 is 34.9 Å². The molecule has 1 saturated carbocycles. The number of methoxy groups -OCH3 is 1. The molecule has 3 rings (SSSR count). The van der Waals surface area contributed by atoms with Crippen molar-refractivity contribution in [3.63, 3.8) is 0 Å². The van der Waals surface area contributed by atoms with E-state index in [1.165, 1.54) is 23.1 Å². The van der Waals surface area contributed by atoms with Gasteiger partial charge in [0.15, 0.2) is 16.6 Å². The van der Waals surface area contributed by atoms with Crippen molar-refractivity contribution in [3.05, 3.63) is 69.9 Å². The third-order valence-corrected chi connectivity index (χ3v) is 23.4. The topological polar surface area (TPSA) is 61.8 Å². The van der Waals surface area contributed by atoms with Gasteiger partial charge in [0.2, 0.25) is 0 Å². The van der Waals surface area contributed by atoms with E-state index in [-0.39, 0.29) is 39.1 Å². The van der Waals surface area contributed by atoms with Crippen LogP contribution in [0.1, 0.15) is 83.7 Å². The molecule has 1 aliphatic carbocycles. The molecule has 50 heavy (non-hydrogen) atoms. The third kappa shape index (κ3) is 12.5. The summed E-state index contributed by atoms with van der Waals surface area (Å²) in [6.45, 7) is 25.2. The van der Waals surface area contributed by atoms with Crippen molar-refractivity contribution in [2.75, 3.05) is 24.4 Å². The number of benzene rings is 1. The van der Waals surface area contributed by atoms with Crippen LogP contribution < -0.4 is 0 Å². The molecule has 5 nitrogen and oxygen atoms in total. The highest BCUT2D eigenvalue weighted by molar-refractivity contribution is 8.01. The average Bonchev–Trinajstić information content (AvgIpc) is 3.57. The first-order valence-corrected chi connectivity index (χ1v) is 27.0. The summed E-state index contributed by atoms with van der Waals surface area (Å²) in [4.78, 5) is 26.7. The van der Waals surface area contributed by atoms with Crippen LogP contribution in [0.15, 0.2) is 53.9 Å². The molecule has 0 bridgehead atoms. The standard InChI is InChI=1S/C40H64O5S3Si2/c1-38(2,3)49(9,10)44-34-28-33(41)37(48-25-16-24-46-29-36(42)43-8)32(34)19-22-40(7,45-50(11,12)39(4,5)6)23-20-35-31(21-26-47-35)27-30-17-14-13-15-18-30/h13-15,17-19,21-22,26,32,34,37H,16,20,23-25,27-29H2,1-12H3/b22-19+/t32-,34+,37+,40+/m0/s1. The first-order valence-electron chi connectivity index (χ1n) is 18.1. The summed E-state index contributed by atoms with van der Waals surface area (Å²) in [6.07, 6.45) is 8.59. The van der Waals surface area contributed by atoms with Crippen LogP contribution in [0.2, 0.25) is 36.3 Å². The largest absolute Gasteiger partial charge is 0.468 e. The first-order chi connectivity index (χ1) is 23.2. The molecule has 0 saturated heterocycles. The Morgan fingerprint density at radius 2 is 1.62 bits per heavy atom. The summed E-state index contributed by atoms with van der Waals surface area (Å²) < 4.78 is 19.1. The van der Waals surface area contributed by atoms with Gasteiger partial charge < -0.3 is 13.6 Å². The Balaban J connectivity index is 1.90. The number of thioether (sulfide) groups is 2. The summed E-state index contributed by atoms with van der Waals surface area (Å²) in [5.74, 6) is 2.15. The number of esters is 1. The van der Waals surface area contributed by atoms with E-state index in [9.17, 15) is 9.59 Å². The number of Topliss-reactive ketones (excluding diaryl/α,β-unsaturated/α-hetero) is 1. The zero-order chi connectivity index (χ0) is 37.4. The van der Waals surface area contributed by atoms with E-state index in [4.69, 9.17) is 13.6 Å². The van der Waals surface area contributed by atoms with Crippen LogP contribution in [0.5, 0.6) is 0 Å². The minimum atomic E-state index is -2.15. The first kappa shape index (κ1) is 43.3. The van der Waals surface area contributed by atoms with Gasteiger partial charge in [0, 0.05) is 17.2 Å². The van der Waals surface area contributed by atoms with Gasteiger partial charge in [0.05, 0.1) is 29.8 Å². The molecule has 0 aliphatic heterocycles. The smallest absolute Gasteiger partial charge is 0.315 e. The van der Waals surface area contributed by atoms with E-state index in [2.05, 4.69) is 129 Å².